The van der Waals surface area contributed by atoms with Crippen molar-refractivity contribution in [3.05, 3.63) is 201 Å². The monoisotopic (exact) mass is 634 g/mol. The quantitative estimate of drug-likeness (QED) is 0.0970. The zero-order valence-electron chi connectivity index (χ0n) is 27.7. The lowest BCUT2D eigenvalue weighted by atomic mass is 9.84. The van der Waals surface area contributed by atoms with E-state index >= 15 is 0 Å². The molecule has 0 fully saturated rings. The summed E-state index contributed by atoms with van der Waals surface area (Å²) in [5, 5.41) is 12.5. The molecule has 0 amide bonds. The highest BCUT2D eigenvalue weighted by atomic mass is 14.2. The Balaban J connectivity index is 1.29. The van der Waals surface area contributed by atoms with E-state index in [4.69, 9.17) is 0 Å². The van der Waals surface area contributed by atoms with Crippen molar-refractivity contribution in [3.8, 4) is 33.4 Å². The van der Waals surface area contributed by atoms with Gasteiger partial charge in [-0.15, -0.1) is 0 Å². The topological polar surface area (TPSA) is 0 Å². The van der Waals surface area contributed by atoms with Crippen molar-refractivity contribution in [2.24, 2.45) is 0 Å². The van der Waals surface area contributed by atoms with Gasteiger partial charge in [0.05, 0.1) is 0 Å². The Morgan fingerprint density at radius 3 is 1.54 bits per heavy atom. The zero-order valence-corrected chi connectivity index (χ0v) is 27.7. The second kappa shape index (κ2) is 12.2. The molecule has 0 aliphatic carbocycles. The van der Waals surface area contributed by atoms with E-state index in [1.807, 2.05) is 18.2 Å². The van der Waals surface area contributed by atoms with E-state index in [0.717, 1.165) is 11.1 Å². The van der Waals surface area contributed by atoms with Gasteiger partial charge in [0.2, 0.25) is 0 Å². The number of benzene rings is 9. The molecule has 9 rings (SSSR count). The summed E-state index contributed by atoms with van der Waals surface area (Å²) in [4.78, 5) is 0. The fourth-order valence-electron chi connectivity index (χ4n) is 7.86. The third-order valence-electron chi connectivity index (χ3n) is 10.1. The fourth-order valence-corrected chi connectivity index (χ4v) is 7.86. The van der Waals surface area contributed by atoms with Crippen LogP contribution in [0.25, 0.3) is 92.8 Å². The maximum Gasteiger partial charge on any atom is -0.00262 e. The molecule has 0 radical (unpaired) electrons. The summed E-state index contributed by atoms with van der Waals surface area (Å²) < 4.78 is 0. The average Bonchev–Trinajstić information content (AvgIpc) is 3.18. The number of hydrogen-bond acceptors (Lipinski definition) is 0. The minimum atomic E-state index is 1.05. The van der Waals surface area contributed by atoms with Crippen molar-refractivity contribution in [1.29, 1.82) is 0 Å². The Labute approximate surface area is 292 Å². The first-order valence-corrected chi connectivity index (χ1v) is 17.2. The molecule has 0 heteroatoms. The van der Waals surface area contributed by atoms with Crippen molar-refractivity contribution in [2.45, 2.75) is 0 Å². The van der Waals surface area contributed by atoms with Crippen molar-refractivity contribution in [1.82, 2.24) is 0 Å². The molecule has 0 spiro atoms. The summed E-state index contributed by atoms with van der Waals surface area (Å²) >= 11 is 0. The van der Waals surface area contributed by atoms with E-state index in [0.29, 0.717) is 0 Å². The third kappa shape index (κ3) is 4.85. The van der Waals surface area contributed by atoms with Gasteiger partial charge in [-0.1, -0.05) is 171 Å². The largest absolute Gasteiger partial charge is 0.0990 e. The summed E-state index contributed by atoms with van der Waals surface area (Å²) in [7, 11) is 0. The zero-order chi connectivity index (χ0) is 33.6. The Morgan fingerprint density at radius 1 is 0.380 bits per heavy atom. The lowest BCUT2D eigenvalue weighted by Gasteiger charge is -2.19. The maximum absolute atomic E-state index is 4.15. The second-order valence-electron chi connectivity index (χ2n) is 13.0. The maximum atomic E-state index is 4.15. The molecular weight excluding hydrogens is 601 g/mol. The number of rotatable bonds is 6. The van der Waals surface area contributed by atoms with Gasteiger partial charge < -0.3 is 0 Å². The van der Waals surface area contributed by atoms with Gasteiger partial charge in [0.25, 0.3) is 0 Å². The lowest BCUT2D eigenvalue weighted by molar-refractivity contribution is 1.60. The molecule has 0 atom stereocenters. The molecular formula is C50H34. The molecule has 234 valence electrons. The van der Waals surface area contributed by atoms with Crippen LogP contribution in [0.3, 0.4) is 0 Å². The first-order valence-electron chi connectivity index (χ1n) is 17.2. The van der Waals surface area contributed by atoms with E-state index in [9.17, 15) is 0 Å². The Morgan fingerprint density at radius 2 is 0.900 bits per heavy atom. The van der Waals surface area contributed by atoms with Crippen LogP contribution in [0.15, 0.2) is 195 Å². The molecule has 0 bridgehead atoms. The van der Waals surface area contributed by atoms with Crippen LogP contribution in [0.5, 0.6) is 0 Å². The highest BCUT2D eigenvalue weighted by Gasteiger charge is 2.18. The van der Waals surface area contributed by atoms with Crippen LogP contribution in [0.2, 0.25) is 0 Å². The van der Waals surface area contributed by atoms with E-state index < -0.39 is 0 Å². The van der Waals surface area contributed by atoms with E-state index in [1.165, 1.54) is 87.2 Å². The minimum Gasteiger partial charge on any atom is -0.0990 e. The summed E-state index contributed by atoms with van der Waals surface area (Å²) in [5.74, 6) is 0. The number of hydrogen-bond donors (Lipinski definition) is 0. The van der Waals surface area contributed by atoms with Crippen LogP contribution in [-0.2, 0) is 0 Å². The summed E-state index contributed by atoms with van der Waals surface area (Å²) in [5.41, 5.74) is 9.52. The van der Waals surface area contributed by atoms with Gasteiger partial charge in [-0.2, -0.15) is 0 Å². The van der Waals surface area contributed by atoms with Crippen molar-refractivity contribution in [3.63, 3.8) is 0 Å². The molecule has 0 aromatic heterocycles. The van der Waals surface area contributed by atoms with Crippen molar-refractivity contribution >= 4 is 59.4 Å². The van der Waals surface area contributed by atoms with Crippen LogP contribution in [0.4, 0.5) is 0 Å². The minimum absolute atomic E-state index is 1.05. The average molecular weight is 635 g/mol. The molecule has 9 aromatic rings. The fraction of sp³-hybridized carbons (Fsp3) is 0. The van der Waals surface area contributed by atoms with Gasteiger partial charge >= 0.3 is 0 Å². The van der Waals surface area contributed by atoms with Crippen LogP contribution >= 0.6 is 0 Å². The molecule has 50 heavy (non-hydrogen) atoms. The van der Waals surface area contributed by atoms with Crippen molar-refractivity contribution in [2.75, 3.05) is 0 Å². The molecule has 0 aliphatic rings. The third-order valence-corrected chi connectivity index (χ3v) is 10.1. The number of fused-ring (bicyclic) bond motifs is 6. The van der Waals surface area contributed by atoms with Gasteiger partial charge in [0, 0.05) is 0 Å². The SMILES string of the molecule is C=C/C=C(\C=C)c1cc2cc(-c3c4ccccc4c(-c4ccc5c(ccc6ccccc65)c4)c4ccccc34)ccc2cc1-c1ccccc1. The van der Waals surface area contributed by atoms with Gasteiger partial charge in [0.15, 0.2) is 0 Å². The Kier molecular flexibility index (Phi) is 7.22. The normalized spacial score (nSPS) is 11.9. The second-order valence-corrected chi connectivity index (χ2v) is 13.0. The molecule has 0 saturated carbocycles. The Bertz CT molecular complexity index is 2770. The van der Waals surface area contributed by atoms with Crippen LogP contribution < -0.4 is 0 Å². The van der Waals surface area contributed by atoms with Crippen LogP contribution in [0.1, 0.15) is 5.56 Å². The van der Waals surface area contributed by atoms with E-state index in [1.54, 1.807) is 0 Å². The highest BCUT2D eigenvalue weighted by molar-refractivity contribution is 6.22. The molecule has 0 N–H and O–H groups in total. The first kappa shape index (κ1) is 29.6. The van der Waals surface area contributed by atoms with E-state index in [2.05, 4.69) is 177 Å². The smallest absolute Gasteiger partial charge is 0.00262 e. The first-order chi connectivity index (χ1) is 24.7. The van der Waals surface area contributed by atoms with Gasteiger partial charge in [0.1, 0.15) is 0 Å². The molecule has 0 nitrogen and oxygen atoms in total. The van der Waals surface area contributed by atoms with Gasteiger partial charge in [-0.25, -0.2) is 0 Å². The predicted octanol–water partition coefficient (Wildman–Crippen LogP) is 14.2. The summed E-state index contributed by atoms with van der Waals surface area (Å²) in [6, 6.07) is 60.1. The van der Waals surface area contributed by atoms with Crippen LogP contribution in [-0.4, -0.2) is 0 Å². The van der Waals surface area contributed by atoms with Crippen molar-refractivity contribution < 1.29 is 0 Å². The van der Waals surface area contributed by atoms with E-state index in [-0.39, 0.29) is 0 Å². The van der Waals surface area contributed by atoms with Gasteiger partial charge in [-0.3, -0.25) is 0 Å². The molecule has 0 unspecified atom stereocenters. The highest BCUT2D eigenvalue weighted by Crippen LogP contribution is 2.45. The lowest BCUT2D eigenvalue weighted by Crippen LogP contribution is -1.92. The molecule has 0 heterocycles. The van der Waals surface area contributed by atoms with Gasteiger partial charge in [-0.05, 0) is 123 Å². The Hall–Kier alpha value is -6.50. The number of allylic oxidation sites excluding steroid dienone is 4. The standard InChI is InChI=1S/C50H34/c1-3-14-33(4-2)47-32-40-30-38(26-24-36(40)31-48(47)34-15-6-5-7-16-34)49-43-19-10-12-21-45(43)50(46-22-13-11-20-44(46)49)39-27-28-42-37(29-39)25-23-35-17-8-9-18-41(35)42/h3-32H,1-2H2/b33-14+. The summed E-state index contributed by atoms with van der Waals surface area (Å²) in [6.45, 7) is 8.13. The summed E-state index contributed by atoms with van der Waals surface area (Å²) in [6.07, 6.45) is 5.80. The molecule has 9 aromatic carbocycles. The van der Waals surface area contributed by atoms with Crippen LogP contribution in [0, 0.1) is 0 Å². The molecule has 0 saturated heterocycles. The molecule has 0 aliphatic heterocycles. The predicted molar refractivity (Wildman–Crippen MR) is 219 cm³/mol.